The summed E-state index contributed by atoms with van der Waals surface area (Å²) in [7, 11) is -0.445. The molecule has 0 bridgehead atoms. The molecular formula is C30H50F2OSi. The summed E-state index contributed by atoms with van der Waals surface area (Å²) in [6.45, 7) is 6.40. The second kappa shape index (κ2) is 14.6. The van der Waals surface area contributed by atoms with Gasteiger partial charge in [0.25, 0.3) is 0 Å². The lowest BCUT2D eigenvalue weighted by Gasteiger charge is -2.37. The number of ether oxygens (including phenoxy) is 1. The van der Waals surface area contributed by atoms with Crippen molar-refractivity contribution in [3.63, 3.8) is 0 Å². The molecule has 1 aromatic rings. The fourth-order valence-electron chi connectivity index (χ4n) is 6.60. The quantitative estimate of drug-likeness (QED) is 0.197. The van der Waals surface area contributed by atoms with Crippen LogP contribution in [0, 0.1) is 23.5 Å². The zero-order chi connectivity index (χ0) is 24.3. The molecule has 0 amide bonds. The van der Waals surface area contributed by atoms with Crippen LogP contribution in [0.3, 0.4) is 0 Å². The van der Waals surface area contributed by atoms with Crippen LogP contribution in [-0.2, 0) is 0 Å². The molecule has 4 heteroatoms. The summed E-state index contributed by atoms with van der Waals surface area (Å²) in [6, 6.07) is 7.80. The van der Waals surface area contributed by atoms with Crippen molar-refractivity contribution in [2.45, 2.75) is 141 Å². The van der Waals surface area contributed by atoms with Crippen LogP contribution in [0.1, 0.15) is 122 Å². The highest BCUT2D eigenvalue weighted by Crippen LogP contribution is 2.44. The Hall–Kier alpha value is -0.903. The number of hydrogen-bond donors (Lipinski definition) is 0. The zero-order valence-electron chi connectivity index (χ0n) is 22.2. The van der Waals surface area contributed by atoms with E-state index in [1.165, 1.54) is 57.8 Å². The Kier molecular flexibility index (Phi) is 11.9. The molecule has 0 radical (unpaired) electrons. The van der Waals surface area contributed by atoms with Crippen molar-refractivity contribution >= 4 is 8.80 Å². The van der Waals surface area contributed by atoms with Crippen LogP contribution in [-0.4, -0.2) is 14.9 Å². The van der Waals surface area contributed by atoms with Gasteiger partial charge in [-0.2, -0.15) is 0 Å². The smallest absolute Gasteiger partial charge is 0.191 e. The molecule has 0 N–H and O–H groups in total. The highest BCUT2D eigenvalue weighted by Gasteiger charge is 2.32. The number of hydrogen-bond acceptors (Lipinski definition) is 1. The predicted molar refractivity (Wildman–Crippen MR) is 144 cm³/mol. The Morgan fingerprint density at radius 3 is 2.03 bits per heavy atom. The molecule has 1 aliphatic carbocycles. The Morgan fingerprint density at radius 2 is 1.41 bits per heavy atom. The molecule has 34 heavy (non-hydrogen) atoms. The van der Waals surface area contributed by atoms with Crippen LogP contribution in [0.2, 0.25) is 18.1 Å². The molecule has 194 valence electrons. The van der Waals surface area contributed by atoms with Gasteiger partial charge in [-0.3, -0.25) is 0 Å². The van der Waals surface area contributed by atoms with E-state index < -0.39 is 20.4 Å². The van der Waals surface area contributed by atoms with E-state index in [0.717, 1.165) is 49.5 Å². The van der Waals surface area contributed by atoms with E-state index >= 15 is 0 Å². The van der Waals surface area contributed by atoms with Gasteiger partial charge in [0, 0.05) is 8.80 Å². The Bertz CT molecular complexity index is 685. The third kappa shape index (κ3) is 8.35. The van der Waals surface area contributed by atoms with Crippen LogP contribution in [0.4, 0.5) is 8.78 Å². The van der Waals surface area contributed by atoms with Crippen LogP contribution in [0.15, 0.2) is 12.1 Å². The summed E-state index contributed by atoms with van der Waals surface area (Å²) in [6.07, 6.45) is 17.0. The molecule has 0 unspecified atom stereocenters. The summed E-state index contributed by atoms with van der Waals surface area (Å²) in [4.78, 5) is 0. The van der Waals surface area contributed by atoms with Gasteiger partial charge in [-0.15, -0.1) is 0 Å². The lowest BCUT2D eigenvalue weighted by atomic mass is 9.72. The molecule has 1 saturated heterocycles. The van der Waals surface area contributed by atoms with E-state index in [0.29, 0.717) is 5.92 Å². The van der Waals surface area contributed by atoms with Crippen molar-refractivity contribution in [3.8, 4) is 5.75 Å². The number of benzene rings is 1. The van der Waals surface area contributed by atoms with Gasteiger partial charge >= 0.3 is 0 Å². The Balaban J connectivity index is 1.45. The molecule has 1 nitrogen and oxygen atoms in total. The third-order valence-electron chi connectivity index (χ3n) is 8.82. The molecule has 0 aromatic heterocycles. The average molecular weight is 493 g/mol. The van der Waals surface area contributed by atoms with Crippen molar-refractivity contribution in [1.29, 1.82) is 0 Å². The minimum absolute atomic E-state index is 0.160. The van der Waals surface area contributed by atoms with Gasteiger partial charge in [-0.25, -0.2) is 8.78 Å². The van der Waals surface area contributed by atoms with Gasteiger partial charge in [0.05, 0.1) is 6.10 Å². The Labute approximate surface area is 210 Å². The fraction of sp³-hybridized carbons (Fsp3) is 0.800. The first-order chi connectivity index (χ1) is 16.5. The molecule has 2 aliphatic rings. The second-order valence-corrected chi connectivity index (χ2v) is 14.9. The van der Waals surface area contributed by atoms with Crippen molar-refractivity contribution in [2.24, 2.45) is 11.8 Å². The third-order valence-corrected chi connectivity index (χ3v) is 12.3. The van der Waals surface area contributed by atoms with Gasteiger partial charge in [0.1, 0.15) is 0 Å². The highest BCUT2D eigenvalue weighted by molar-refractivity contribution is 6.58. The van der Waals surface area contributed by atoms with Crippen molar-refractivity contribution in [1.82, 2.24) is 0 Å². The maximum Gasteiger partial charge on any atom is 0.191 e. The van der Waals surface area contributed by atoms with E-state index in [4.69, 9.17) is 4.74 Å². The van der Waals surface area contributed by atoms with Crippen molar-refractivity contribution < 1.29 is 13.5 Å². The summed E-state index contributed by atoms with van der Waals surface area (Å²) in [5, 5.41) is 0. The van der Waals surface area contributed by atoms with Crippen molar-refractivity contribution in [2.75, 3.05) is 0 Å². The zero-order valence-corrected chi connectivity index (χ0v) is 23.4. The Morgan fingerprint density at radius 1 is 0.824 bits per heavy atom. The van der Waals surface area contributed by atoms with Gasteiger partial charge in [0.2, 0.25) is 0 Å². The highest BCUT2D eigenvalue weighted by atomic mass is 28.3. The SMILES string of the molecule is CCCCCC[C@@H](C)Oc1c(F)cc(C2CCC(C3CC[SiH](CCCCC)CC3)CC2)cc1F. The number of halogens is 2. The molecule has 1 aliphatic heterocycles. The number of rotatable bonds is 13. The monoisotopic (exact) mass is 492 g/mol. The normalized spacial score (nSPS) is 26.4. The predicted octanol–water partition coefficient (Wildman–Crippen LogP) is 9.80. The molecule has 1 atom stereocenters. The van der Waals surface area contributed by atoms with E-state index in [1.54, 1.807) is 30.3 Å². The van der Waals surface area contributed by atoms with Crippen molar-refractivity contribution in [3.05, 3.63) is 29.3 Å². The first-order valence-electron chi connectivity index (χ1n) is 14.7. The maximum atomic E-state index is 14.8. The van der Waals surface area contributed by atoms with E-state index in [1.807, 2.05) is 6.92 Å². The van der Waals surface area contributed by atoms with E-state index in [9.17, 15) is 8.78 Å². The lowest BCUT2D eigenvalue weighted by Crippen LogP contribution is -2.28. The first-order valence-corrected chi connectivity index (χ1v) is 17.1. The fourth-order valence-corrected chi connectivity index (χ4v) is 10.1. The van der Waals surface area contributed by atoms with Gasteiger partial charge in [0.15, 0.2) is 17.4 Å². The summed E-state index contributed by atoms with van der Waals surface area (Å²) in [5.41, 5.74) is 0.837. The lowest BCUT2D eigenvalue weighted by molar-refractivity contribution is 0.187. The topological polar surface area (TPSA) is 9.23 Å². The van der Waals surface area contributed by atoms with Gasteiger partial charge in [-0.05, 0) is 80.9 Å². The molecule has 1 saturated carbocycles. The molecular weight excluding hydrogens is 442 g/mol. The molecule has 2 fully saturated rings. The van der Waals surface area contributed by atoms with E-state index in [-0.39, 0.29) is 11.9 Å². The van der Waals surface area contributed by atoms with Gasteiger partial charge in [-0.1, -0.05) is 83.3 Å². The molecule has 1 aromatic carbocycles. The minimum atomic E-state index is -0.524. The second-order valence-electron chi connectivity index (χ2n) is 11.5. The van der Waals surface area contributed by atoms with Crippen LogP contribution in [0.5, 0.6) is 5.75 Å². The maximum absolute atomic E-state index is 14.8. The standard InChI is InChI=1S/C30H50F2OSi/c1-4-6-8-9-11-23(3)33-30-28(31)21-27(22-29(30)32)25-14-12-24(13-15-25)26-16-19-34(20-17-26)18-10-7-5-2/h21-26,34H,4-20H2,1-3H3/t23-,24?,25?,26?,34?/m1/s1. The van der Waals surface area contributed by atoms with Gasteiger partial charge < -0.3 is 4.74 Å². The first kappa shape index (κ1) is 27.7. The van der Waals surface area contributed by atoms with Crippen LogP contribution < -0.4 is 4.74 Å². The summed E-state index contributed by atoms with van der Waals surface area (Å²) in [5.74, 6) is 0.820. The van der Waals surface area contributed by atoms with Crippen LogP contribution >= 0.6 is 0 Å². The average Bonchev–Trinajstić information content (AvgIpc) is 2.85. The molecule has 3 rings (SSSR count). The minimum Gasteiger partial charge on any atom is -0.485 e. The largest absolute Gasteiger partial charge is 0.485 e. The summed E-state index contributed by atoms with van der Waals surface area (Å²) >= 11 is 0. The summed E-state index contributed by atoms with van der Waals surface area (Å²) < 4.78 is 35.3. The molecule has 1 heterocycles. The number of unbranched alkanes of at least 4 members (excludes halogenated alkanes) is 5. The van der Waals surface area contributed by atoms with Crippen LogP contribution in [0.25, 0.3) is 0 Å². The van der Waals surface area contributed by atoms with E-state index in [2.05, 4.69) is 13.8 Å². The molecule has 0 spiro atoms.